The van der Waals surface area contributed by atoms with Gasteiger partial charge in [-0.05, 0) is 42.4 Å². The lowest BCUT2D eigenvalue weighted by Crippen LogP contribution is -2.21. The van der Waals surface area contributed by atoms with E-state index in [0.717, 1.165) is 24.8 Å². The van der Waals surface area contributed by atoms with Gasteiger partial charge in [-0.1, -0.05) is 6.07 Å². The molecule has 2 aliphatic rings. The Labute approximate surface area is 97.6 Å². The summed E-state index contributed by atoms with van der Waals surface area (Å²) in [4.78, 5) is 11.8. The summed E-state index contributed by atoms with van der Waals surface area (Å²) in [5, 5.41) is 0. The summed E-state index contributed by atoms with van der Waals surface area (Å²) in [7, 11) is 0. The number of hydrogen-bond donors (Lipinski definition) is 0. The van der Waals surface area contributed by atoms with Crippen molar-refractivity contribution in [3.8, 4) is 5.75 Å². The molecule has 0 bridgehead atoms. The molecule has 2 aliphatic carbocycles. The first kappa shape index (κ1) is 10.7. The van der Waals surface area contributed by atoms with E-state index in [2.05, 4.69) is 4.74 Å². The highest BCUT2D eigenvalue weighted by atomic mass is 19.3. The second-order valence-corrected chi connectivity index (χ2v) is 4.79. The molecule has 0 atom stereocenters. The van der Waals surface area contributed by atoms with Crippen LogP contribution in [-0.2, 0) is 5.41 Å². The van der Waals surface area contributed by atoms with Crippen molar-refractivity contribution in [1.82, 2.24) is 0 Å². The maximum atomic E-state index is 12.1. The van der Waals surface area contributed by atoms with E-state index in [1.165, 1.54) is 12.1 Å². The summed E-state index contributed by atoms with van der Waals surface area (Å²) in [5.41, 5.74) is 1.76. The third kappa shape index (κ3) is 1.72. The van der Waals surface area contributed by atoms with Crippen molar-refractivity contribution in [3.63, 3.8) is 0 Å². The molecule has 1 aromatic carbocycles. The van der Waals surface area contributed by atoms with Gasteiger partial charge in [0.1, 0.15) is 5.75 Å². The number of carbonyl (C=O) groups is 1. The summed E-state index contributed by atoms with van der Waals surface area (Å²) in [6, 6.07) is 4.77. The minimum absolute atomic E-state index is 0.0391. The van der Waals surface area contributed by atoms with Gasteiger partial charge < -0.3 is 4.74 Å². The quantitative estimate of drug-likeness (QED) is 0.790. The Kier molecular flexibility index (Phi) is 2.21. The van der Waals surface area contributed by atoms with Gasteiger partial charge in [0, 0.05) is 12.0 Å². The topological polar surface area (TPSA) is 26.3 Å². The van der Waals surface area contributed by atoms with E-state index in [0.29, 0.717) is 12.0 Å². The van der Waals surface area contributed by atoms with Crippen molar-refractivity contribution in [1.29, 1.82) is 0 Å². The Hall–Kier alpha value is -1.45. The first-order valence-electron chi connectivity index (χ1n) is 5.73. The number of halogens is 2. The van der Waals surface area contributed by atoms with Gasteiger partial charge in [-0.25, -0.2) is 0 Å². The molecule has 1 fully saturated rings. The fourth-order valence-electron chi connectivity index (χ4n) is 2.69. The van der Waals surface area contributed by atoms with Crippen molar-refractivity contribution in [2.45, 2.75) is 37.7 Å². The number of Topliss-reactive ketones (excluding diaryl/α,β-unsaturated/α-hetero) is 1. The number of alkyl halides is 2. The largest absolute Gasteiger partial charge is 0.435 e. The van der Waals surface area contributed by atoms with Gasteiger partial charge in [0.15, 0.2) is 5.78 Å². The van der Waals surface area contributed by atoms with Gasteiger partial charge in [-0.15, -0.1) is 0 Å². The average molecular weight is 238 g/mol. The summed E-state index contributed by atoms with van der Waals surface area (Å²) in [6.45, 7) is -2.85. The summed E-state index contributed by atoms with van der Waals surface area (Å²) in [6.07, 6.45) is 3.61. The van der Waals surface area contributed by atoms with Crippen LogP contribution in [0.4, 0.5) is 8.78 Å². The minimum Gasteiger partial charge on any atom is -0.435 e. The zero-order valence-electron chi connectivity index (χ0n) is 9.21. The van der Waals surface area contributed by atoms with Crippen LogP contribution in [0.1, 0.15) is 41.6 Å². The molecule has 0 aliphatic heterocycles. The molecule has 0 unspecified atom stereocenters. The molecule has 4 heteroatoms. The maximum Gasteiger partial charge on any atom is 0.387 e. The van der Waals surface area contributed by atoms with Gasteiger partial charge in [0.05, 0.1) is 0 Å². The molecule has 0 heterocycles. The number of carbonyl (C=O) groups excluding carboxylic acids is 1. The first-order chi connectivity index (χ1) is 8.11. The highest BCUT2D eigenvalue weighted by Gasteiger charge is 2.48. The zero-order chi connectivity index (χ0) is 12.0. The van der Waals surface area contributed by atoms with E-state index in [1.54, 1.807) is 6.07 Å². The molecule has 1 saturated carbocycles. The van der Waals surface area contributed by atoms with Crippen LogP contribution in [0.5, 0.6) is 5.75 Å². The normalized spacial score (nSPS) is 20.5. The molecule has 1 spiro atoms. The molecule has 0 amide bonds. The lowest BCUT2D eigenvalue weighted by Gasteiger charge is -2.24. The lowest BCUT2D eigenvalue weighted by molar-refractivity contribution is -0.0499. The van der Waals surface area contributed by atoms with E-state index in [4.69, 9.17) is 0 Å². The van der Waals surface area contributed by atoms with Crippen molar-refractivity contribution >= 4 is 5.78 Å². The van der Waals surface area contributed by atoms with E-state index in [-0.39, 0.29) is 16.9 Å². The molecule has 0 aromatic heterocycles. The fraction of sp³-hybridized carbons (Fsp3) is 0.462. The molecule has 3 rings (SSSR count). The Morgan fingerprint density at radius 3 is 2.65 bits per heavy atom. The summed E-state index contributed by atoms with van der Waals surface area (Å²) >= 11 is 0. The molecule has 0 radical (unpaired) electrons. The molecule has 1 aromatic rings. The third-order valence-corrected chi connectivity index (χ3v) is 3.77. The predicted octanol–water partition coefficient (Wildman–Crippen LogP) is 3.30. The molecular weight excluding hydrogens is 226 g/mol. The second-order valence-electron chi connectivity index (χ2n) is 4.79. The molecule has 0 N–H and O–H groups in total. The number of fused-ring (bicyclic) bond motifs is 2. The minimum atomic E-state index is -2.85. The van der Waals surface area contributed by atoms with E-state index in [1.807, 2.05) is 0 Å². The molecule has 90 valence electrons. The van der Waals surface area contributed by atoms with Crippen LogP contribution in [0.2, 0.25) is 0 Å². The van der Waals surface area contributed by atoms with Crippen LogP contribution in [0.3, 0.4) is 0 Å². The van der Waals surface area contributed by atoms with Crippen LogP contribution >= 0.6 is 0 Å². The Morgan fingerprint density at radius 2 is 2.00 bits per heavy atom. The fourth-order valence-corrected chi connectivity index (χ4v) is 2.69. The van der Waals surface area contributed by atoms with Crippen LogP contribution in [0, 0.1) is 0 Å². The number of hydrogen-bond acceptors (Lipinski definition) is 2. The summed E-state index contributed by atoms with van der Waals surface area (Å²) < 4.78 is 28.5. The van der Waals surface area contributed by atoms with E-state index < -0.39 is 6.61 Å². The number of ketones is 1. The first-order valence-corrected chi connectivity index (χ1v) is 5.73. The van der Waals surface area contributed by atoms with Crippen LogP contribution in [0.15, 0.2) is 18.2 Å². The van der Waals surface area contributed by atoms with Gasteiger partial charge >= 0.3 is 6.61 Å². The third-order valence-electron chi connectivity index (χ3n) is 3.77. The highest BCUT2D eigenvalue weighted by Crippen LogP contribution is 2.55. The van der Waals surface area contributed by atoms with Gasteiger partial charge in [-0.3, -0.25) is 4.79 Å². The Balaban J connectivity index is 2.01. The van der Waals surface area contributed by atoms with Gasteiger partial charge in [-0.2, -0.15) is 8.78 Å². The Morgan fingerprint density at radius 1 is 1.24 bits per heavy atom. The smallest absolute Gasteiger partial charge is 0.387 e. The number of ether oxygens (including phenoxy) is 1. The lowest BCUT2D eigenvalue weighted by atomic mass is 9.79. The molecule has 0 saturated heterocycles. The molecule has 2 nitrogen and oxygen atoms in total. The highest BCUT2D eigenvalue weighted by molar-refractivity contribution is 5.99. The van der Waals surface area contributed by atoms with Gasteiger partial charge in [0.2, 0.25) is 0 Å². The maximum absolute atomic E-state index is 12.1. The van der Waals surface area contributed by atoms with Gasteiger partial charge in [0.25, 0.3) is 0 Å². The molecule has 17 heavy (non-hydrogen) atoms. The van der Waals surface area contributed by atoms with E-state index >= 15 is 0 Å². The number of benzene rings is 1. The zero-order valence-corrected chi connectivity index (χ0v) is 9.21. The van der Waals surface area contributed by atoms with Crippen molar-refractivity contribution < 1.29 is 18.3 Å². The standard InChI is InChI=1S/C13H12F2O2/c14-12(15)17-8-1-2-10-9(7-8)11(16)3-4-13(10)5-6-13/h1-2,7,12H,3-6H2. The van der Waals surface area contributed by atoms with Crippen molar-refractivity contribution in [3.05, 3.63) is 29.3 Å². The second kappa shape index (κ2) is 3.52. The summed E-state index contributed by atoms with van der Waals surface area (Å²) in [5.74, 6) is 0.113. The van der Waals surface area contributed by atoms with Crippen LogP contribution in [-0.4, -0.2) is 12.4 Å². The van der Waals surface area contributed by atoms with E-state index in [9.17, 15) is 13.6 Å². The SMILES string of the molecule is O=C1CCC2(CC2)c2ccc(OC(F)F)cc21. The average Bonchev–Trinajstić information content (AvgIpc) is 3.04. The van der Waals surface area contributed by atoms with Crippen molar-refractivity contribution in [2.75, 3.05) is 0 Å². The molecular formula is C13H12F2O2. The monoisotopic (exact) mass is 238 g/mol. The number of rotatable bonds is 2. The van der Waals surface area contributed by atoms with Crippen molar-refractivity contribution in [2.24, 2.45) is 0 Å². The van der Waals surface area contributed by atoms with Crippen LogP contribution < -0.4 is 4.74 Å². The predicted molar refractivity (Wildman–Crippen MR) is 57.6 cm³/mol. The van der Waals surface area contributed by atoms with Crippen LogP contribution in [0.25, 0.3) is 0 Å². The Bertz CT molecular complexity index is 478.